The number of aromatic nitrogens is 3. The summed E-state index contributed by atoms with van der Waals surface area (Å²) in [6, 6.07) is 0. The minimum Gasteiger partial charge on any atom is -0.378 e. The van der Waals surface area contributed by atoms with Crippen LogP contribution < -0.4 is 10.6 Å². The highest BCUT2D eigenvalue weighted by Gasteiger charge is 2.29. The Morgan fingerprint density at radius 2 is 2.12 bits per heavy atom. The molecule has 0 aromatic carbocycles. The summed E-state index contributed by atoms with van der Waals surface area (Å²) in [4.78, 5) is 30.9. The number of nitrogens with zero attached hydrogens (tertiary/aromatic N) is 5. The number of carbonyl (C=O) groups is 1. The van der Waals surface area contributed by atoms with E-state index in [0.717, 1.165) is 55.5 Å². The minimum absolute atomic E-state index is 0.00626. The van der Waals surface area contributed by atoms with Crippen molar-refractivity contribution in [1.29, 1.82) is 0 Å². The number of carbonyl (C=O) groups excluding carboxylic acids is 1. The number of fused-ring (bicyclic) bond motifs is 1. The van der Waals surface area contributed by atoms with Crippen molar-refractivity contribution in [2.45, 2.75) is 26.3 Å². The van der Waals surface area contributed by atoms with Gasteiger partial charge in [-0.25, -0.2) is 15.0 Å². The van der Waals surface area contributed by atoms with Crippen LogP contribution in [0.5, 0.6) is 0 Å². The van der Waals surface area contributed by atoms with Gasteiger partial charge in [0.25, 0.3) is 5.91 Å². The van der Waals surface area contributed by atoms with Gasteiger partial charge in [0.15, 0.2) is 5.13 Å². The lowest BCUT2D eigenvalue weighted by Gasteiger charge is -2.33. The Hall–Kier alpha value is -2.26. The van der Waals surface area contributed by atoms with Gasteiger partial charge in [0.05, 0.1) is 31.1 Å². The van der Waals surface area contributed by atoms with Crippen molar-refractivity contribution in [2.75, 3.05) is 43.5 Å². The summed E-state index contributed by atoms with van der Waals surface area (Å²) in [5.41, 5.74) is 8.66. The average molecular weight is 374 g/mol. The Bertz CT molecular complexity index is 818. The van der Waals surface area contributed by atoms with E-state index in [2.05, 4.69) is 19.9 Å². The molecule has 26 heavy (non-hydrogen) atoms. The molecule has 2 aliphatic rings. The van der Waals surface area contributed by atoms with Crippen LogP contribution >= 0.6 is 11.3 Å². The molecule has 0 bridgehead atoms. The quantitative estimate of drug-likeness (QED) is 0.859. The molecule has 1 saturated heterocycles. The molecule has 1 fully saturated rings. The van der Waals surface area contributed by atoms with E-state index in [-0.39, 0.29) is 5.91 Å². The minimum atomic E-state index is -0.00626. The van der Waals surface area contributed by atoms with E-state index in [9.17, 15) is 4.79 Å². The second-order valence-electron chi connectivity index (χ2n) is 6.38. The number of amides is 1. The molecule has 0 saturated carbocycles. The van der Waals surface area contributed by atoms with Crippen molar-refractivity contribution >= 4 is 28.2 Å². The first-order chi connectivity index (χ1) is 12.7. The van der Waals surface area contributed by atoms with Crippen molar-refractivity contribution in [2.24, 2.45) is 0 Å². The lowest BCUT2D eigenvalue weighted by Crippen LogP contribution is -2.40. The topological polar surface area (TPSA) is 97.5 Å². The van der Waals surface area contributed by atoms with E-state index in [1.54, 1.807) is 6.33 Å². The smallest absolute Gasteiger partial charge is 0.266 e. The zero-order valence-electron chi connectivity index (χ0n) is 14.8. The monoisotopic (exact) mass is 374 g/mol. The van der Waals surface area contributed by atoms with Gasteiger partial charge in [0, 0.05) is 25.2 Å². The number of hydrogen-bond acceptors (Lipinski definition) is 8. The molecule has 2 N–H and O–H groups in total. The zero-order valence-corrected chi connectivity index (χ0v) is 15.6. The summed E-state index contributed by atoms with van der Waals surface area (Å²) >= 11 is 1.27. The molecule has 4 heterocycles. The number of anilines is 2. The average Bonchev–Trinajstić information content (AvgIpc) is 3.08. The Labute approximate surface area is 156 Å². The van der Waals surface area contributed by atoms with Crippen LogP contribution in [0.4, 0.5) is 10.9 Å². The maximum absolute atomic E-state index is 13.0. The molecule has 2 aliphatic heterocycles. The standard InChI is InChI=1S/C17H22N6O2S/c1-2-12-14(26-17(18)21-12)16(24)23-4-3-11-13(9-23)19-10-20-15(11)22-5-7-25-8-6-22/h10H,2-9H2,1H3,(H2,18,21). The summed E-state index contributed by atoms with van der Waals surface area (Å²) in [7, 11) is 0. The van der Waals surface area contributed by atoms with Crippen LogP contribution in [0.1, 0.15) is 33.5 Å². The Morgan fingerprint density at radius 1 is 1.31 bits per heavy atom. The third-order valence-electron chi connectivity index (χ3n) is 4.83. The molecule has 4 rings (SSSR count). The lowest BCUT2D eigenvalue weighted by atomic mass is 10.0. The van der Waals surface area contributed by atoms with E-state index in [4.69, 9.17) is 10.5 Å². The fourth-order valence-electron chi connectivity index (χ4n) is 3.48. The number of ether oxygens (including phenoxy) is 1. The molecule has 138 valence electrons. The third-order valence-corrected chi connectivity index (χ3v) is 5.74. The van der Waals surface area contributed by atoms with E-state index in [1.165, 1.54) is 11.3 Å². The van der Waals surface area contributed by atoms with E-state index >= 15 is 0 Å². The third kappa shape index (κ3) is 3.12. The van der Waals surface area contributed by atoms with Crippen LogP contribution in [0, 0.1) is 0 Å². The lowest BCUT2D eigenvalue weighted by molar-refractivity contribution is 0.0735. The van der Waals surface area contributed by atoms with Crippen molar-refractivity contribution < 1.29 is 9.53 Å². The van der Waals surface area contributed by atoms with E-state index < -0.39 is 0 Å². The number of aryl methyl sites for hydroxylation is 1. The van der Waals surface area contributed by atoms with Crippen LogP contribution in [0.25, 0.3) is 0 Å². The fraction of sp³-hybridized carbons (Fsp3) is 0.529. The number of nitrogen functional groups attached to an aromatic ring is 1. The molecular formula is C17H22N6O2S. The SMILES string of the molecule is CCc1nc(N)sc1C(=O)N1CCc2c(ncnc2N2CCOCC2)C1. The van der Waals surface area contributed by atoms with Crippen molar-refractivity contribution in [1.82, 2.24) is 19.9 Å². The molecule has 0 radical (unpaired) electrons. The van der Waals surface area contributed by atoms with E-state index in [1.807, 2.05) is 11.8 Å². The molecular weight excluding hydrogens is 352 g/mol. The van der Waals surface area contributed by atoms with Crippen LogP contribution in [0.2, 0.25) is 0 Å². The first kappa shape index (κ1) is 17.2. The van der Waals surface area contributed by atoms with Gasteiger partial charge in [-0.1, -0.05) is 18.3 Å². The van der Waals surface area contributed by atoms with Crippen molar-refractivity contribution in [3.05, 3.63) is 28.2 Å². The fourth-order valence-corrected chi connectivity index (χ4v) is 4.37. The van der Waals surface area contributed by atoms with Gasteiger partial charge in [0.2, 0.25) is 0 Å². The highest BCUT2D eigenvalue weighted by Crippen LogP contribution is 2.29. The molecule has 2 aromatic rings. The Kier molecular flexibility index (Phi) is 4.73. The summed E-state index contributed by atoms with van der Waals surface area (Å²) in [5.74, 6) is 0.981. The predicted molar refractivity (Wildman–Crippen MR) is 99.4 cm³/mol. The predicted octanol–water partition coefficient (Wildman–Crippen LogP) is 1.11. The molecule has 8 nitrogen and oxygen atoms in total. The molecule has 0 atom stereocenters. The van der Waals surface area contributed by atoms with Gasteiger partial charge in [-0.15, -0.1) is 0 Å². The number of rotatable bonds is 3. The van der Waals surface area contributed by atoms with Gasteiger partial charge in [-0.05, 0) is 12.8 Å². The van der Waals surface area contributed by atoms with Crippen LogP contribution in [-0.2, 0) is 24.1 Å². The maximum atomic E-state index is 13.0. The Morgan fingerprint density at radius 3 is 2.88 bits per heavy atom. The summed E-state index contributed by atoms with van der Waals surface area (Å²) in [6.45, 7) is 6.25. The Balaban J connectivity index is 1.57. The van der Waals surface area contributed by atoms with Gasteiger partial charge >= 0.3 is 0 Å². The summed E-state index contributed by atoms with van der Waals surface area (Å²) in [6.07, 6.45) is 3.05. The second-order valence-corrected chi connectivity index (χ2v) is 7.41. The largest absolute Gasteiger partial charge is 0.378 e. The zero-order chi connectivity index (χ0) is 18.1. The van der Waals surface area contributed by atoms with Gasteiger partial charge < -0.3 is 20.3 Å². The first-order valence-corrected chi connectivity index (χ1v) is 9.69. The first-order valence-electron chi connectivity index (χ1n) is 8.87. The maximum Gasteiger partial charge on any atom is 0.266 e. The number of morpholine rings is 1. The molecule has 0 spiro atoms. The van der Waals surface area contributed by atoms with Gasteiger partial charge in [0.1, 0.15) is 17.0 Å². The van der Waals surface area contributed by atoms with Gasteiger partial charge in [-0.2, -0.15) is 0 Å². The van der Waals surface area contributed by atoms with Crippen LogP contribution in [-0.4, -0.2) is 58.6 Å². The normalized spacial score (nSPS) is 17.3. The van der Waals surface area contributed by atoms with Crippen molar-refractivity contribution in [3.8, 4) is 0 Å². The molecule has 0 unspecified atom stereocenters. The second kappa shape index (κ2) is 7.16. The van der Waals surface area contributed by atoms with E-state index in [0.29, 0.717) is 29.5 Å². The van der Waals surface area contributed by atoms with Crippen LogP contribution in [0.15, 0.2) is 6.33 Å². The number of thiazole rings is 1. The highest BCUT2D eigenvalue weighted by atomic mass is 32.1. The van der Waals surface area contributed by atoms with Gasteiger partial charge in [-0.3, -0.25) is 4.79 Å². The van der Waals surface area contributed by atoms with Crippen LogP contribution in [0.3, 0.4) is 0 Å². The summed E-state index contributed by atoms with van der Waals surface area (Å²) < 4.78 is 5.43. The molecule has 9 heteroatoms. The molecule has 2 aromatic heterocycles. The molecule has 1 amide bonds. The number of hydrogen-bond donors (Lipinski definition) is 1. The highest BCUT2D eigenvalue weighted by molar-refractivity contribution is 7.17. The van der Waals surface area contributed by atoms with Crippen molar-refractivity contribution in [3.63, 3.8) is 0 Å². The number of nitrogens with two attached hydrogens (primary N) is 1. The molecule has 0 aliphatic carbocycles. The summed E-state index contributed by atoms with van der Waals surface area (Å²) in [5, 5.41) is 0.444.